The molecule has 1 atom stereocenters. The Balaban J connectivity index is 1.95. The summed E-state index contributed by atoms with van der Waals surface area (Å²) >= 11 is 1.43. The van der Waals surface area contributed by atoms with Gasteiger partial charge in [-0.1, -0.05) is 30.0 Å². The third-order valence-electron chi connectivity index (χ3n) is 3.13. The highest BCUT2D eigenvalue weighted by molar-refractivity contribution is 8.14. The highest BCUT2D eigenvalue weighted by Crippen LogP contribution is 2.41. The minimum atomic E-state index is -0.132. The molecule has 1 unspecified atom stereocenters. The van der Waals surface area contributed by atoms with E-state index in [0.29, 0.717) is 11.5 Å². The van der Waals surface area contributed by atoms with E-state index in [2.05, 4.69) is 4.99 Å². The van der Waals surface area contributed by atoms with Crippen LogP contribution < -0.4 is 0 Å². The number of nitrogens with zero attached hydrogens (tertiary/aromatic N) is 1. The largest absolute Gasteiger partial charge is 0.515 e. The van der Waals surface area contributed by atoms with Crippen molar-refractivity contribution in [2.24, 2.45) is 4.99 Å². The second-order valence-corrected chi connectivity index (χ2v) is 5.74. The van der Waals surface area contributed by atoms with Gasteiger partial charge in [-0.05, 0) is 24.3 Å². The van der Waals surface area contributed by atoms with Gasteiger partial charge < -0.3 is 9.52 Å². The van der Waals surface area contributed by atoms with Gasteiger partial charge >= 0.3 is 0 Å². The van der Waals surface area contributed by atoms with E-state index in [1.54, 1.807) is 12.3 Å². The molecule has 1 aliphatic rings. The van der Waals surface area contributed by atoms with E-state index in [0.717, 1.165) is 17.7 Å². The summed E-state index contributed by atoms with van der Waals surface area (Å²) in [6.07, 6.45) is 2.72. The number of aliphatic hydroxyl groups is 1. The summed E-state index contributed by atoms with van der Waals surface area (Å²) in [5, 5.41) is 9.73. The number of furan rings is 1. The molecular formula is C16H13NO3S. The van der Waals surface area contributed by atoms with Gasteiger partial charge in [-0.3, -0.25) is 4.79 Å². The zero-order valence-electron chi connectivity index (χ0n) is 11.1. The van der Waals surface area contributed by atoms with E-state index in [4.69, 9.17) is 4.42 Å². The van der Waals surface area contributed by atoms with Gasteiger partial charge in [0.1, 0.15) is 10.8 Å². The molecule has 1 fully saturated rings. The first-order chi connectivity index (χ1) is 10.3. The lowest BCUT2D eigenvalue weighted by atomic mass is 10.1. The summed E-state index contributed by atoms with van der Waals surface area (Å²) in [5.41, 5.74) is 0.999. The Kier molecular flexibility index (Phi) is 3.92. The van der Waals surface area contributed by atoms with E-state index < -0.39 is 0 Å². The molecule has 3 rings (SSSR count). The molecule has 1 aromatic carbocycles. The maximum absolute atomic E-state index is 12.2. The number of thioether (sulfide) groups is 1. The van der Waals surface area contributed by atoms with Gasteiger partial charge in [-0.2, -0.15) is 0 Å². The molecule has 1 saturated heterocycles. The molecule has 21 heavy (non-hydrogen) atoms. The Bertz CT molecular complexity index is 690. The van der Waals surface area contributed by atoms with Crippen LogP contribution in [0.15, 0.2) is 70.0 Å². The van der Waals surface area contributed by atoms with Crippen LogP contribution in [0.25, 0.3) is 0 Å². The lowest BCUT2D eigenvalue weighted by Crippen LogP contribution is -2.20. The second-order valence-electron chi connectivity index (χ2n) is 4.54. The molecule has 0 bridgehead atoms. The predicted molar refractivity (Wildman–Crippen MR) is 82.9 cm³/mol. The van der Waals surface area contributed by atoms with Crippen molar-refractivity contribution in [1.29, 1.82) is 0 Å². The number of carbonyl (C=O) groups excluding carboxylic acids is 1. The molecule has 1 aliphatic heterocycles. The number of hydrogen-bond acceptors (Lipinski definition) is 5. The Morgan fingerprint density at radius 2 is 2.05 bits per heavy atom. The van der Waals surface area contributed by atoms with Gasteiger partial charge in [0.25, 0.3) is 0 Å². The fraction of sp³-hybridized carbons (Fsp3) is 0.125. The van der Waals surface area contributed by atoms with Crippen LogP contribution >= 0.6 is 11.8 Å². The van der Waals surface area contributed by atoms with Crippen molar-refractivity contribution >= 4 is 28.3 Å². The van der Waals surface area contributed by atoms with E-state index in [-0.39, 0.29) is 16.6 Å². The molecule has 0 amide bonds. The first-order valence-electron chi connectivity index (χ1n) is 6.49. The van der Waals surface area contributed by atoms with Crippen LogP contribution in [0.5, 0.6) is 0 Å². The standard InChI is InChI=1S/C16H13NO3S/c18-10-12-13(19)9-15(14-7-4-8-20-14)21-16(12)17-11-5-2-1-3-6-11/h1-8,10,15,18H,9H2/b12-10+,17-16?. The van der Waals surface area contributed by atoms with Gasteiger partial charge in [0, 0.05) is 6.42 Å². The number of para-hydroxylation sites is 1. The smallest absolute Gasteiger partial charge is 0.170 e. The molecule has 5 heteroatoms. The first kappa shape index (κ1) is 13.7. The molecule has 0 saturated carbocycles. The highest BCUT2D eigenvalue weighted by atomic mass is 32.2. The van der Waals surface area contributed by atoms with Crippen molar-refractivity contribution in [3.63, 3.8) is 0 Å². The fourth-order valence-electron chi connectivity index (χ4n) is 2.10. The van der Waals surface area contributed by atoms with Gasteiger partial charge in [0.2, 0.25) is 0 Å². The maximum atomic E-state index is 12.2. The highest BCUT2D eigenvalue weighted by Gasteiger charge is 2.32. The molecule has 2 aromatic rings. The Labute approximate surface area is 126 Å². The van der Waals surface area contributed by atoms with Crippen molar-refractivity contribution < 1.29 is 14.3 Å². The molecule has 1 N–H and O–H groups in total. The monoisotopic (exact) mass is 299 g/mol. The van der Waals surface area contributed by atoms with Crippen molar-refractivity contribution in [3.8, 4) is 0 Å². The molecule has 0 aliphatic carbocycles. The number of Topliss-reactive ketones (excluding diaryl/α,β-unsaturated/α-hetero) is 1. The van der Waals surface area contributed by atoms with Crippen LogP contribution in [0, 0.1) is 0 Å². The van der Waals surface area contributed by atoms with Gasteiger partial charge in [-0.25, -0.2) is 4.99 Å². The average molecular weight is 299 g/mol. The summed E-state index contributed by atoms with van der Waals surface area (Å²) in [6.45, 7) is 0. The number of hydrogen-bond donors (Lipinski definition) is 1. The summed E-state index contributed by atoms with van der Waals surface area (Å²) < 4.78 is 5.38. The molecule has 106 valence electrons. The topological polar surface area (TPSA) is 62.8 Å². The van der Waals surface area contributed by atoms with Crippen LogP contribution in [0.3, 0.4) is 0 Å². The Hall–Kier alpha value is -2.27. The Morgan fingerprint density at radius 1 is 1.24 bits per heavy atom. The normalized spacial score (nSPS) is 22.9. The number of carbonyl (C=O) groups is 1. The number of aliphatic imine (C=N–C) groups is 1. The predicted octanol–water partition coefficient (Wildman–Crippen LogP) is 4.20. The SMILES string of the molecule is O=C1CC(c2ccco2)SC(=Nc2ccccc2)/C1=C/O. The number of rotatable bonds is 2. The summed E-state index contributed by atoms with van der Waals surface area (Å²) in [6, 6.07) is 13.0. The lowest BCUT2D eigenvalue weighted by molar-refractivity contribution is -0.115. The van der Waals surface area contributed by atoms with Gasteiger partial charge in [-0.15, -0.1) is 0 Å². The van der Waals surface area contributed by atoms with Crippen molar-refractivity contribution in [3.05, 3.63) is 66.3 Å². The maximum Gasteiger partial charge on any atom is 0.170 e. The minimum absolute atomic E-state index is 0.112. The number of aliphatic hydroxyl groups excluding tert-OH is 1. The Morgan fingerprint density at radius 3 is 2.71 bits per heavy atom. The summed E-state index contributed by atoms with van der Waals surface area (Å²) in [4.78, 5) is 16.6. The molecule has 0 radical (unpaired) electrons. The van der Waals surface area contributed by atoms with E-state index >= 15 is 0 Å². The number of benzene rings is 1. The van der Waals surface area contributed by atoms with Crippen LogP contribution in [-0.2, 0) is 4.79 Å². The third kappa shape index (κ3) is 2.92. The van der Waals surface area contributed by atoms with E-state index in [1.165, 1.54) is 11.8 Å². The summed E-state index contributed by atoms with van der Waals surface area (Å²) in [7, 11) is 0. The van der Waals surface area contributed by atoms with Crippen molar-refractivity contribution in [2.45, 2.75) is 11.7 Å². The van der Waals surface area contributed by atoms with Gasteiger partial charge in [0.05, 0.1) is 29.0 Å². The van der Waals surface area contributed by atoms with E-state index in [9.17, 15) is 9.90 Å². The zero-order chi connectivity index (χ0) is 14.7. The van der Waals surface area contributed by atoms with E-state index in [1.807, 2.05) is 36.4 Å². The number of ketones is 1. The van der Waals surface area contributed by atoms with Crippen LogP contribution in [-0.4, -0.2) is 15.9 Å². The molecular weight excluding hydrogens is 286 g/mol. The lowest BCUT2D eigenvalue weighted by Gasteiger charge is -2.21. The quantitative estimate of drug-likeness (QED) is 0.667. The van der Waals surface area contributed by atoms with Crippen LogP contribution in [0.4, 0.5) is 5.69 Å². The fourth-order valence-corrected chi connectivity index (χ4v) is 3.31. The van der Waals surface area contributed by atoms with Crippen molar-refractivity contribution in [1.82, 2.24) is 0 Å². The molecule has 4 nitrogen and oxygen atoms in total. The average Bonchev–Trinajstić information content (AvgIpc) is 3.02. The third-order valence-corrected chi connectivity index (χ3v) is 4.35. The van der Waals surface area contributed by atoms with Crippen LogP contribution in [0.1, 0.15) is 17.4 Å². The summed E-state index contributed by atoms with van der Waals surface area (Å²) in [5.74, 6) is 0.610. The molecule has 1 aromatic heterocycles. The first-order valence-corrected chi connectivity index (χ1v) is 7.37. The van der Waals surface area contributed by atoms with Gasteiger partial charge in [0.15, 0.2) is 5.78 Å². The molecule has 0 spiro atoms. The zero-order valence-corrected chi connectivity index (χ0v) is 11.9. The second kappa shape index (κ2) is 6.01. The molecule has 2 heterocycles. The van der Waals surface area contributed by atoms with Crippen molar-refractivity contribution in [2.75, 3.05) is 0 Å². The van der Waals surface area contributed by atoms with Crippen LogP contribution in [0.2, 0.25) is 0 Å². The minimum Gasteiger partial charge on any atom is -0.515 e.